The van der Waals surface area contributed by atoms with Crippen LogP contribution in [-0.4, -0.2) is 0 Å². The van der Waals surface area contributed by atoms with E-state index >= 15 is 0 Å². The van der Waals surface area contributed by atoms with Gasteiger partial charge in [-0.15, -0.1) is 0 Å². The number of nitrogens with two attached hydrogens (primary N) is 1. The summed E-state index contributed by atoms with van der Waals surface area (Å²) in [4.78, 5) is 0. The Morgan fingerprint density at radius 1 is 1.29 bits per heavy atom. The van der Waals surface area contributed by atoms with Gasteiger partial charge >= 0.3 is 0 Å². The zero-order valence-electron chi connectivity index (χ0n) is 10.4. The molecule has 2 rings (SSSR count). The molecule has 0 bridgehead atoms. The van der Waals surface area contributed by atoms with Gasteiger partial charge in [-0.2, -0.15) is 0 Å². The van der Waals surface area contributed by atoms with Gasteiger partial charge in [0, 0.05) is 10.5 Å². The molecule has 94 valence electrons. The highest BCUT2D eigenvalue weighted by molar-refractivity contribution is 9.10. The van der Waals surface area contributed by atoms with E-state index in [0.29, 0.717) is 5.92 Å². The van der Waals surface area contributed by atoms with Crippen LogP contribution in [0.2, 0.25) is 0 Å². The fourth-order valence-corrected chi connectivity index (χ4v) is 3.37. The molecule has 0 aliphatic heterocycles. The lowest BCUT2D eigenvalue weighted by atomic mass is 9.81. The van der Waals surface area contributed by atoms with Crippen LogP contribution in [0.15, 0.2) is 22.7 Å². The third-order valence-electron chi connectivity index (χ3n) is 3.86. The minimum Gasteiger partial charge on any atom is -0.271 e. The van der Waals surface area contributed by atoms with Gasteiger partial charge in [-0.05, 0) is 36.8 Å². The Morgan fingerprint density at radius 2 is 2.00 bits per heavy atom. The van der Waals surface area contributed by atoms with Crippen LogP contribution >= 0.6 is 15.9 Å². The Bertz CT molecular complexity index is 372. The summed E-state index contributed by atoms with van der Waals surface area (Å²) < 4.78 is 1.20. The predicted molar refractivity (Wildman–Crippen MR) is 75.5 cm³/mol. The van der Waals surface area contributed by atoms with Gasteiger partial charge in [0.2, 0.25) is 0 Å². The molecule has 17 heavy (non-hydrogen) atoms. The molecule has 1 aliphatic carbocycles. The monoisotopic (exact) mass is 296 g/mol. The first-order valence-electron chi connectivity index (χ1n) is 6.45. The van der Waals surface area contributed by atoms with Gasteiger partial charge in [0.05, 0.1) is 0 Å². The van der Waals surface area contributed by atoms with Crippen LogP contribution in [0, 0.1) is 12.8 Å². The average molecular weight is 297 g/mol. The quantitative estimate of drug-likeness (QED) is 0.657. The summed E-state index contributed by atoms with van der Waals surface area (Å²) in [5.41, 5.74) is 5.61. The number of hydrogen-bond donors (Lipinski definition) is 2. The number of rotatable bonds is 3. The van der Waals surface area contributed by atoms with E-state index in [9.17, 15) is 0 Å². The van der Waals surface area contributed by atoms with Crippen molar-refractivity contribution in [2.45, 2.75) is 45.1 Å². The number of nitrogens with one attached hydrogen (secondary N) is 1. The third kappa shape index (κ3) is 2.90. The van der Waals surface area contributed by atoms with E-state index in [1.807, 2.05) is 0 Å². The van der Waals surface area contributed by atoms with Crippen molar-refractivity contribution in [3.63, 3.8) is 0 Å². The first kappa shape index (κ1) is 13.1. The van der Waals surface area contributed by atoms with Gasteiger partial charge in [0.15, 0.2) is 0 Å². The molecule has 0 aromatic heterocycles. The maximum Gasteiger partial charge on any atom is 0.0499 e. The molecule has 0 saturated heterocycles. The fraction of sp³-hybridized carbons (Fsp3) is 0.571. The molecule has 1 aromatic rings. The predicted octanol–water partition coefficient (Wildman–Crippen LogP) is 3.84. The summed E-state index contributed by atoms with van der Waals surface area (Å²) in [5.74, 6) is 6.46. The summed E-state index contributed by atoms with van der Waals surface area (Å²) in [6.07, 6.45) is 6.63. The fourth-order valence-electron chi connectivity index (χ4n) is 2.86. The standard InChI is InChI=1S/C14H21BrN2/c1-10-6-5-9-12(13(10)15)14(17-16)11-7-3-2-4-8-11/h5-6,9,11,14,17H,2-4,7-8,16H2,1H3. The van der Waals surface area contributed by atoms with E-state index in [-0.39, 0.29) is 6.04 Å². The second-order valence-electron chi connectivity index (χ2n) is 5.02. The highest BCUT2D eigenvalue weighted by Crippen LogP contribution is 2.37. The lowest BCUT2D eigenvalue weighted by Crippen LogP contribution is -2.34. The Kier molecular flexibility index (Phi) is 4.60. The molecular weight excluding hydrogens is 276 g/mol. The number of hydrazine groups is 1. The molecule has 1 aliphatic rings. The van der Waals surface area contributed by atoms with Crippen molar-refractivity contribution in [1.29, 1.82) is 0 Å². The largest absolute Gasteiger partial charge is 0.271 e. The highest BCUT2D eigenvalue weighted by Gasteiger charge is 2.25. The molecule has 0 heterocycles. The molecule has 1 saturated carbocycles. The van der Waals surface area contributed by atoms with Gasteiger partial charge in [0.1, 0.15) is 0 Å². The molecular formula is C14H21BrN2. The smallest absolute Gasteiger partial charge is 0.0499 e. The first-order chi connectivity index (χ1) is 8.24. The maximum absolute atomic E-state index is 5.78. The highest BCUT2D eigenvalue weighted by atomic mass is 79.9. The van der Waals surface area contributed by atoms with Crippen LogP contribution in [0.3, 0.4) is 0 Å². The van der Waals surface area contributed by atoms with E-state index in [2.05, 4.69) is 46.5 Å². The molecule has 0 amide bonds. The minimum atomic E-state index is 0.282. The Morgan fingerprint density at radius 3 is 2.65 bits per heavy atom. The lowest BCUT2D eigenvalue weighted by molar-refractivity contribution is 0.273. The van der Waals surface area contributed by atoms with Crippen LogP contribution in [0.4, 0.5) is 0 Å². The van der Waals surface area contributed by atoms with E-state index in [1.165, 1.54) is 47.7 Å². The summed E-state index contributed by atoms with van der Waals surface area (Å²) in [5, 5.41) is 0. The van der Waals surface area contributed by atoms with E-state index in [1.54, 1.807) is 0 Å². The molecule has 2 nitrogen and oxygen atoms in total. The SMILES string of the molecule is Cc1cccc(C(NN)C2CCCCC2)c1Br. The van der Waals surface area contributed by atoms with E-state index < -0.39 is 0 Å². The maximum atomic E-state index is 5.78. The number of halogens is 1. The molecule has 3 N–H and O–H groups in total. The van der Waals surface area contributed by atoms with Crippen molar-refractivity contribution < 1.29 is 0 Å². The van der Waals surface area contributed by atoms with Crippen molar-refractivity contribution in [1.82, 2.24) is 5.43 Å². The normalized spacial score (nSPS) is 19.2. The van der Waals surface area contributed by atoms with Crippen LogP contribution in [0.25, 0.3) is 0 Å². The number of hydrogen-bond acceptors (Lipinski definition) is 2. The van der Waals surface area contributed by atoms with Crippen molar-refractivity contribution >= 4 is 15.9 Å². The van der Waals surface area contributed by atoms with Gasteiger partial charge < -0.3 is 0 Å². The lowest BCUT2D eigenvalue weighted by Gasteiger charge is -2.31. The van der Waals surface area contributed by atoms with E-state index in [0.717, 1.165) is 0 Å². The minimum absolute atomic E-state index is 0.282. The molecule has 1 aromatic carbocycles. The molecule has 3 heteroatoms. The summed E-state index contributed by atoms with van der Waals surface area (Å²) in [6, 6.07) is 6.70. The Balaban J connectivity index is 2.24. The van der Waals surface area contributed by atoms with Gasteiger partial charge in [-0.1, -0.05) is 53.4 Å². The van der Waals surface area contributed by atoms with Crippen LogP contribution < -0.4 is 11.3 Å². The van der Waals surface area contributed by atoms with E-state index in [4.69, 9.17) is 5.84 Å². The molecule has 0 spiro atoms. The third-order valence-corrected chi connectivity index (χ3v) is 4.94. The van der Waals surface area contributed by atoms with Crippen molar-refractivity contribution in [2.75, 3.05) is 0 Å². The molecule has 1 atom stereocenters. The molecule has 0 radical (unpaired) electrons. The zero-order valence-corrected chi connectivity index (χ0v) is 12.0. The average Bonchev–Trinajstić information content (AvgIpc) is 2.37. The van der Waals surface area contributed by atoms with Crippen LogP contribution in [-0.2, 0) is 0 Å². The Labute approximate surface area is 112 Å². The summed E-state index contributed by atoms with van der Waals surface area (Å²) >= 11 is 3.69. The zero-order chi connectivity index (χ0) is 12.3. The van der Waals surface area contributed by atoms with Gasteiger partial charge in [-0.3, -0.25) is 11.3 Å². The summed E-state index contributed by atoms with van der Waals surface area (Å²) in [7, 11) is 0. The van der Waals surface area contributed by atoms with Crippen LogP contribution in [0.1, 0.15) is 49.3 Å². The van der Waals surface area contributed by atoms with Crippen molar-refractivity contribution in [2.24, 2.45) is 11.8 Å². The van der Waals surface area contributed by atoms with Gasteiger partial charge in [-0.25, -0.2) is 0 Å². The molecule has 1 fully saturated rings. The second kappa shape index (κ2) is 5.98. The van der Waals surface area contributed by atoms with Gasteiger partial charge in [0.25, 0.3) is 0 Å². The topological polar surface area (TPSA) is 38.0 Å². The Hall–Kier alpha value is -0.380. The first-order valence-corrected chi connectivity index (χ1v) is 7.24. The number of benzene rings is 1. The van der Waals surface area contributed by atoms with Crippen molar-refractivity contribution in [3.05, 3.63) is 33.8 Å². The number of aryl methyl sites for hydroxylation is 1. The van der Waals surface area contributed by atoms with Crippen molar-refractivity contribution in [3.8, 4) is 0 Å². The van der Waals surface area contributed by atoms with Crippen LogP contribution in [0.5, 0.6) is 0 Å². The second-order valence-corrected chi connectivity index (χ2v) is 5.81. The molecule has 1 unspecified atom stereocenters. The summed E-state index contributed by atoms with van der Waals surface area (Å²) in [6.45, 7) is 2.13.